The van der Waals surface area contributed by atoms with E-state index in [9.17, 15) is 0 Å². The molecule has 0 amide bonds. The van der Waals surface area contributed by atoms with Gasteiger partial charge in [-0.2, -0.15) is 0 Å². The Labute approximate surface area is 120 Å². The van der Waals surface area contributed by atoms with E-state index in [0.29, 0.717) is 12.1 Å². The van der Waals surface area contributed by atoms with Gasteiger partial charge in [-0.05, 0) is 25.0 Å². The minimum atomic E-state index is 0.402. The van der Waals surface area contributed by atoms with Gasteiger partial charge in [0.25, 0.3) is 0 Å². The normalized spacial score (nSPS) is 18.9. The third-order valence-electron chi connectivity index (χ3n) is 3.83. The fraction of sp³-hybridized carbons (Fsp3) is 0.333. The number of hydrogen-bond acceptors (Lipinski definition) is 2. The Morgan fingerprint density at radius 3 is 2.70 bits per heavy atom. The first-order valence-corrected chi connectivity index (χ1v) is 7.34. The molecular formula is C18H21NO. The van der Waals surface area contributed by atoms with Crippen LogP contribution in [0.4, 0.5) is 0 Å². The molecule has 0 saturated carbocycles. The molecule has 1 N–H and O–H groups in total. The lowest BCUT2D eigenvalue weighted by molar-refractivity contribution is 0.245. The van der Waals surface area contributed by atoms with Gasteiger partial charge in [0, 0.05) is 24.1 Å². The summed E-state index contributed by atoms with van der Waals surface area (Å²) in [6.45, 7) is 3.05. The molecule has 3 rings (SSSR count). The quantitative estimate of drug-likeness (QED) is 0.911. The van der Waals surface area contributed by atoms with Crippen LogP contribution < -0.4 is 10.1 Å². The van der Waals surface area contributed by atoms with Crippen molar-refractivity contribution >= 4 is 0 Å². The zero-order valence-electron chi connectivity index (χ0n) is 11.9. The van der Waals surface area contributed by atoms with Crippen LogP contribution in [0.5, 0.6) is 5.75 Å². The van der Waals surface area contributed by atoms with Crippen molar-refractivity contribution < 1.29 is 4.74 Å². The van der Waals surface area contributed by atoms with Crippen LogP contribution in [0, 0.1) is 0 Å². The van der Waals surface area contributed by atoms with E-state index in [1.165, 1.54) is 11.1 Å². The van der Waals surface area contributed by atoms with Crippen LogP contribution >= 0.6 is 0 Å². The minimum absolute atomic E-state index is 0.402. The lowest BCUT2D eigenvalue weighted by Gasteiger charge is -2.29. The van der Waals surface area contributed by atoms with E-state index < -0.39 is 0 Å². The van der Waals surface area contributed by atoms with Crippen LogP contribution in [-0.4, -0.2) is 12.6 Å². The van der Waals surface area contributed by atoms with Crippen molar-refractivity contribution in [2.45, 2.75) is 31.8 Å². The molecule has 2 nitrogen and oxygen atoms in total. The van der Waals surface area contributed by atoms with Gasteiger partial charge in [-0.25, -0.2) is 0 Å². The summed E-state index contributed by atoms with van der Waals surface area (Å²) in [5, 5.41) is 3.74. The SMILES string of the molecule is CC(Cc1ccccc1)NC1CCOc2ccccc21. The molecule has 0 spiro atoms. The number of rotatable bonds is 4. The van der Waals surface area contributed by atoms with Gasteiger partial charge < -0.3 is 10.1 Å². The fourth-order valence-corrected chi connectivity index (χ4v) is 2.89. The van der Waals surface area contributed by atoms with Crippen LogP contribution in [0.25, 0.3) is 0 Å². The van der Waals surface area contributed by atoms with Crippen molar-refractivity contribution in [2.75, 3.05) is 6.61 Å². The van der Waals surface area contributed by atoms with E-state index in [1.807, 2.05) is 6.07 Å². The average molecular weight is 267 g/mol. The van der Waals surface area contributed by atoms with Crippen LogP contribution in [0.2, 0.25) is 0 Å². The van der Waals surface area contributed by atoms with Gasteiger partial charge in [0.15, 0.2) is 0 Å². The van der Waals surface area contributed by atoms with Gasteiger partial charge >= 0.3 is 0 Å². The third-order valence-corrected chi connectivity index (χ3v) is 3.83. The second kappa shape index (κ2) is 6.10. The van der Waals surface area contributed by atoms with Crippen molar-refractivity contribution in [1.82, 2.24) is 5.32 Å². The number of fused-ring (bicyclic) bond motifs is 1. The summed E-state index contributed by atoms with van der Waals surface area (Å²) < 4.78 is 5.71. The predicted octanol–water partition coefficient (Wildman–Crippen LogP) is 3.73. The molecule has 0 fully saturated rings. The average Bonchev–Trinajstić information content (AvgIpc) is 2.48. The first kappa shape index (κ1) is 13.2. The summed E-state index contributed by atoms with van der Waals surface area (Å²) in [6.07, 6.45) is 2.09. The topological polar surface area (TPSA) is 21.3 Å². The van der Waals surface area contributed by atoms with E-state index in [1.54, 1.807) is 0 Å². The zero-order valence-corrected chi connectivity index (χ0v) is 11.9. The summed E-state index contributed by atoms with van der Waals surface area (Å²) in [5.74, 6) is 1.03. The molecule has 0 saturated heterocycles. The zero-order chi connectivity index (χ0) is 13.8. The smallest absolute Gasteiger partial charge is 0.124 e. The van der Waals surface area contributed by atoms with Crippen LogP contribution in [0.1, 0.15) is 30.5 Å². The molecule has 2 unspecified atom stereocenters. The van der Waals surface area contributed by atoms with Crippen molar-refractivity contribution in [3.8, 4) is 5.75 Å². The van der Waals surface area contributed by atoms with Gasteiger partial charge in [0.05, 0.1) is 6.61 Å². The van der Waals surface area contributed by atoms with Crippen molar-refractivity contribution in [1.29, 1.82) is 0 Å². The minimum Gasteiger partial charge on any atom is -0.493 e. The maximum atomic E-state index is 5.71. The molecule has 1 aliphatic rings. The Kier molecular flexibility index (Phi) is 4.03. The standard InChI is InChI=1S/C18H21NO/c1-14(13-15-7-3-2-4-8-15)19-17-11-12-20-18-10-6-5-9-16(17)18/h2-10,14,17,19H,11-13H2,1H3. The summed E-state index contributed by atoms with van der Waals surface area (Å²) in [7, 11) is 0. The second-order valence-corrected chi connectivity index (χ2v) is 5.48. The Balaban J connectivity index is 1.66. The predicted molar refractivity (Wildman–Crippen MR) is 82.0 cm³/mol. The lowest BCUT2D eigenvalue weighted by Crippen LogP contribution is -2.35. The maximum Gasteiger partial charge on any atom is 0.124 e. The molecule has 1 heterocycles. The van der Waals surface area contributed by atoms with Crippen molar-refractivity contribution in [3.63, 3.8) is 0 Å². The molecule has 0 radical (unpaired) electrons. The van der Waals surface area contributed by atoms with Gasteiger partial charge in [-0.3, -0.25) is 0 Å². The molecule has 0 bridgehead atoms. The van der Waals surface area contributed by atoms with E-state index in [0.717, 1.165) is 25.2 Å². The first-order valence-electron chi connectivity index (χ1n) is 7.34. The highest BCUT2D eigenvalue weighted by Crippen LogP contribution is 2.31. The van der Waals surface area contributed by atoms with Crippen LogP contribution in [0.3, 0.4) is 0 Å². The van der Waals surface area contributed by atoms with Crippen molar-refractivity contribution in [3.05, 3.63) is 65.7 Å². The summed E-state index contributed by atoms with van der Waals surface area (Å²) in [6, 6.07) is 19.9. The van der Waals surface area contributed by atoms with Crippen LogP contribution in [0.15, 0.2) is 54.6 Å². The molecule has 2 atom stereocenters. The van der Waals surface area contributed by atoms with Crippen molar-refractivity contribution in [2.24, 2.45) is 0 Å². The largest absolute Gasteiger partial charge is 0.493 e. The molecule has 2 aromatic carbocycles. The third kappa shape index (κ3) is 3.02. The molecule has 2 aromatic rings. The van der Waals surface area contributed by atoms with E-state index in [-0.39, 0.29) is 0 Å². The highest BCUT2D eigenvalue weighted by atomic mass is 16.5. The lowest BCUT2D eigenvalue weighted by atomic mass is 9.98. The molecule has 2 heteroatoms. The molecule has 104 valence electrons. The van der Waals surface area contributed by atoms with E-state index in [2.05, 4.69) is 60.8 Å². The fourth-order valence-electron chi connectivity index (χ4n) is 2.89. The summed E-state index contributed by atoms with van der Waals surface area (Å²) >= 11 is 0. The Hall–Kier alpha value is -1.80. The highest BCUT2D eigenvalue weighted by Gasteiger charge is 2.22. The molecule has 0 aliphatic carbocycles. The van der Waals surface area contributed by atoms with Gasteiger partial charge in [0.1, 0.15) is 5.75 Å². The highest BCUT2D eigenvalue weighted by molar-refractivity contribution is 5.37. The Morgan fingerprint density at radius 1 is 1.10 bits per heavy atom. The van der Waals surface area contributed by atoms with Gasteiger partial charge in [-0.1, -0.05) is 48.5 Å². The number of ether oxygens (including phenoxy) is 1. The van der Waals surface area contributed by atoms with Gasteiger partial charge in [-0.15, -0.1) is 0 Å². The Morgan fingerprint density at radius 2 is 1.85 bits per heavy atom. The number of nitrogens with one attached hydrogen (secondary N) is 1. The van der Waals surface area contributed by atoms with E-state index >= 15 is 0 Å². The molecule has 1 aliphatic heterocycles. The number of para-hydroxylation sites is 1. The molecule has 20 heavy (non-hydrogen) atoms. The second-order valence-electron chi connectivity index (χ2n) is 5.48. The maximum absolute atomic E-state index is 5.71. The van der Waals surface area contributed by atoms with Crippen LogP contribution in [-0.2, 0) is 6.42 Å². The number of benzene rings is 2. The first-order chi connectivity index (χ1) is 9.83. The number of hydrogen-bond donors (Lipinski definition) is 1. The monoisotopic (exact) mass is 267 g/mol. The summed E-state index contributed by atoms with van der Waals surface area (Å²) in [5.41, 5.74) is 2.67. The Bertz CT molecular complexity index is 552. The molecule has 0 aromatic heterocycles. The van der Waals surface area contributed by atoms with E-state index in [4.69, 9.17) is 4.74 Å². The van der Waals surface area contributed by atoms with Gasteiger partial charge in [0.2, 0.25) is 0 Å². The summed E-state index contributed by atoms with van der Waals surface area (Å²) in [4.78, 5) is 0. The molecular weight excluding hydrogens is 246 g/mol.